The van der Waals surface area contributed by atoms with Gasteiger partial charge < -0.3 is 13.7 Å². The number of nitrogens with one attached hydrogen (secondary N) is 1. The van der Waals surface area contributed by atoms with Gasteiger partial charge in [-0.1, -0.05) is 23.5 Å². The van der Waals surface area contributed by atoms with Crippen LogP contribution in [0.1, 0.15) is 31.7 Å². The minimum Gasteiger partial charge on any atom is -0.459 e. The average molecular weight is 421 g/mol. The lowest BCUT2D eigenvalue weighted by atomic mass is 10.1. The van der Waals surface area contributed by atoms with Crippen molar-refractivity contribution in [2.24, 2.45) is 0 Å². The van der Waals surface area contributed by atoms with Crippen LogP contribution in [0.2, 0.25) is 0 Å². The van der Waals surface area contributed by atoms with Crippen molar-refractivity contribution >= 4 is 39.3 Å². The molecular weight excluding hydrogens is 406 g/mol. The first-order chi connectivity index (χ1) is 14.6. The largest absolute Gasteiger partial charge is 0.459 e. The Labute approximate surface area is 173 Å². The summed E-state index contributed by atoms with van der Waals surface area (Å²) in [6.07, 6.45) is 1.97. The number of fused-ring (bicyclic) bond motifs is 2. The standard InChI is InChI=1S/C21H15N3O5S/c25-14-10-17(29-15-5-2-1-4-12(14)15)20(27)24-8-7-13-18(11-24)30-21(22-13)23-19(26)16-6-3-9-28-16/h1-6,9-10H,7-8,11H2,(H,22,23,26). The quantitative estimate of drug-likeness (QED) is 0.544. The van der Waals surface area contributed by atoms with Gasteiger partial charge >= 0.3 is 0 Å². The third-order valence-electron chi connectivity index (χ3n) is 4.83. The highest BCUT2D eigenvalue weighted by molar-refractivity contribution is 7.15. The van der Waals surface area contributed by atoms with E-state index in [1.165, 1.54) is 23.7 Å². The summed E-state index contributed by atoms with van der Waals surface area (Å²) in [5.74, 6) is -0.514. The first-order valence-corrected chi connectivity index (χ1v) is 10.1. The van der Waals surface area contributed by atoms with Crippen LogP contribution in [0.4, 0.5) is 5.13 Å². The van der Waals surface area contributed by atoms with Crippen LogP contribution < -0.4 is 10.7 Å². The number of nitrogens with zero attached hydrogens (tertiary/aromatic N) is 2. The van der Waals surface area contributed by atoms with E-state index in [-0.39, 0.29) is 28.8 Å². The Morgan fingerprint density at radius 1 is 1.13 bits per heavy atom. The second-order valence-electron chi connectivity index (χ2n) is 6.77. The zero-order valence-corrected chi connectivity index (χ0v) is 16.4. The Balaban J connectivity index is 1.35. The van der Waals surface area contributed by atoms with Crippen LogP contribution in [0.5, 0.6) is 0 Å². The van der Waals surface area contributed by atoms with E-state index in [0.29, 0.717) is 35.6 Å². The third kappa shape index (κ3) is 3.29. The number of para-hydroxylation sites is 1. The van der Waals surface area contributed by atoms with E-state index in [2.05, 4.69) is 10.3 Å². The van der Waals surface area contributed by atoms with Crippen molar-refractivity contribution in [2.75, 3.05) is 11.9 Å². The zero-order chi connectivity index (χ0) is 20.7. The summed E-state index contributed by atoms with van der Waals surface area (Å²) in [7, 11) is 0. The summed E-state index contributed by atoms with van der Waals surface area (Å²) in [6, 6.07) is 11.3. The summed E-state index contributed by atoms with van der Waals surface area (Å²) in [5.41, 5.74) is 0.976. The van der Waals surface area contributed by atoms with Crippen molar-refractivity contribution in [3.8, 4) is 0 Å². The lowest BCUT2D eigenvalue weighted by molar-refractivity contribution is 0.0704. The molecule has 0 fully saturated rings. The van der Waals surface area contributed by atoms with Gasteiger partial charge in [0.2, 0.25) is 0 Å². The van der Waals surface area contributed by atoms with Crippen LogP contribution >= 0.6 is 11.3 Å². The second-order valence-corrected chi connectivity index (χ2v) is 7.85. The molecule has 8 nitrogen and oxygen atoms in total. The number of carbonyl (C=O) groups excluding carboxylic acids is 2. The minimum atomic E-state index is -0.378. The van der Waals surface area contributed by atoms with Gasteiger partial charge in [-0.25, -0.2) is 4.98 Å². The van der Waals surface area contributed by atoms with E-state index < -0.39 is 0 Å². The Morgan fingerprint density at radius 2 is 2.00 bits per heavy atom. The number of rotatable bonds is 3. The van der Waals surface area contributed by atoms with E-state index in [4.69, 9.17) is 8.83 Å². The molecule has 0 bridgehead atoms. The summed E-state index contributed by atoms with van der Waals surface area (Å²) in [4.78, 5) is 44.3. The molecule has 0 atom stereocenters. The number of aromatic nitrogens is 1. The Kier molecular flexibility index (Phi) is 4.44. The zero-order valence-electron chi connectivity index (χ0n) is 15.6. The van der Waals surface area contributed by atoms with Crippen molar-refractivity contribution in [3.05, 3.63) is 81.0 Å². The maximum Gasteiger partial charge on any atom is 0.293 e. The fraction of sp³-hybridized carbons (Fsp3) is 0.143. The number of thiazole rings is 1. The predicted molar refractivity (Wildman–Crippen MR) is 110 cm³/mol. The fourth-order valence-corrected chi connectivity index (χ4v) is 4.37. The van der Waals surface area contributed by atoms with Gasteiger partial charge in [0.05, 0.1) is 23.9 Å². The first kappa shape index (κ1) is 18.3. The van der Waals surface area contributed by atoms with E-state index in [0.717, 1.165) is 10.6 Å². The highest BCUT2D eigenvalue weighted by Gasteiger charge is 2.27. The van der Waals surface area contributed by atoms with Gasteiger partial charge in [-0.15, -0.1) is 0 Å². The molecule has 9 heteroatoms. The molecule has 4 aromatic rings. The summed E-state index contributed by atoms with van der Waals surface area (Å²) < 4.78 is 10.8. The molecule has 3 aromatic heterocycles. The van der Waals surface area contributed by atoms with Crippen molar-refractivity contribution in [1.82, 2.24) is 9.88 Å². The molecular formula is C21H15N3O5S. The molecule has 0 unspecified atom stereocenters. The molecule has 0 radical (unpaired) electrons. The number of carbonyl (C=O) groups is 2. The van der Waals surface area contributed by atoms with E-state index >= 15 is 0 Å². The van der Waals surface area contributed by atoms with E-state index in [1.54, 1.807) is 41.3 Å². The maximum absolute atomic E-state index is 12.9. The normalized spacial score (nSPS) is 13.3. The van der Waals surface area contributed by atoms with Crippen molar-refractivity contribution in [2.45, 2.75) is 13.0 Å². The van der Waals surface area contributed by atoms with Crippen LogP contribution in [-0.4, -0.2) is 28.2 Å². The number of furan rings is 1. The lowest BCUT2D eigenvalue weighted by Gasteiger charge is -2.25. The number of anilines is 1. The summed E-state index contributed by atoms with van der Waals surface area (Å²) in [5, 5.41) is 3.61. The van der Waals surface area contributed by atoms with Crippen LogP contribution in [0.15, 0.2) is 62.4 Å². The molecule has 0 saturated carbocycles. The molecule has 1 aliphatic heterocycles. The lowest BCUT2D eigenvalue weighted by Crippen LogP contribution is -2.35. The smallest absolute Gasteiger partial charge is 0.293 e. The van der Waals surface area contributed by atoms with Crippen molar-refractivity contribution in [1.29, 1.82) is 0 Å². The van der Waals surface area contributed by atoms with Crippen LogP contribution in [0, 0.1) is 0 Å². The van der Waals surface area contributed by atoms with E-state index in [1.807, 2.05) is 0 Å². The number of amides is 2. The van der Waals surface area contributed by atoms with Crippen molar-refractivity contribution in [3.63, 3.8) is 0 Å². The van der Waals surface area contributed by atoms with Gasteiger partial charge in [0.15, 0.2) is 22.1 Å². The van der Waals surface area contributed by atoms with Gasteiger partial charge in [0.25, 0.3) is 11.8 Å². The summed E-state index contributed by atoms with van der Waals surface area (Å²) >= 11 is 1.31. The predicted octanol–water partition coefficient (Wildman–Crippen LogP) is 3.29. The first-order valence-electron chi connectivity index (χ1n) is 9.24. The molecule has 30 heavy (non-hydrogen) atoms. The Bertz CT molecular complexity index is 1320. The third-order valence-corrected chi connectivity index (χ3v) is 5.83. The number of benzene rings is 1. The Hall–Kier alpha value is -3.72. The van der Waals surface area contributed by atoms with Crippen LogP contribution in [0.25, 0.3) is 11.0 Å². The molecule has 0 aliphatic carbocycles. The van der Waals surface area contributed by atoms with Gasteiger partial charge in [-0.2, -0.15) is 0 Å². The minimum absolute atomic E-state index is 0.0120. The van der Waals surface area contributed by atoms with Gasteiger partial charge in [0, 0.05) is 23.9 Å². The van der Waals surface area contributed by atoms with Gasteiger partial charge in [-0.3, -0.25) is 19.7 Å². The molecule has 0 saturated heterocycles. The monoisotopic (exact) mass is 421 g/mol. The Morgan fingerprint density at radius 3 is 2.83 bits per heavy atom. The SMILES string of the molecule is O=C(Nc1nc2c(s1)CN(C(=O)c1cc(=O)c3ccccc3o1)CC2)c1ccco1. The van der Waals surface area contributed by atoms with Crippen LogP contribution in [0.3, 0.4) is 0 Å². The average Bonchev–Trinajstić information content (AvgIpc) is 3.42. The molecule has 150 valence electrons. The molecule has 1 aliphatic rings. The molecule has 4 heterocycles. The van der Waals surface area contributed by atoms with Crippen molar-refractivity contribution < 1.29 is 18.4 Å². The topological polar surface area (TPSA) is 106 Å². The highest BCUT2D eigenvalue weighted by atomic mass is 32.1. The van der Waals surface area contributed by atoms with Crippen LogP contribution in [-0.2, 0) is 13.0 Å². The highest BCUT2D eigenvalue weighted by Crippen LogP contribution is 2.29. The van der Waals surface area contributed by atoms with E-state index in [9.17, 15) is 14.4 Å². The van der Waals surface area contributed by atoms with Gasteiger partial charge in [0.1, 0.15) is 5.58 Å². The second kappa shape index (κ2) is 7.27. The molecule has 1 aromatic carbocycles. The molecule has 5 rings (SSSR count). The molecule has 1 N–H and O–H groups in total. The maximum atomic E-state index is 12.9. The molecule has 2 amide bonds. The molecule has 0 spiro atoms. The van der Waals surface area contributed by atoms with Gasteiger partial charge in [-0.05, 0) is 24.3 Å². The fourth-order valence-electron chi connectivity index (χ4n) is 3.35. The number of hydrogen-bond acceptors (Lipinski definition) is 7. The number of hydrogen-bond donors (Lipinski definition) is 1. The summed E-state index contributed by atoms with van der Waals surface area (Å²) in [6.45, 7) is 0.774.